The minimum absolute atomic E-state index is 0.0637. The average Bonchev–Trinajstić information content (AvgIpc) is 3.19. The zero-order valence-corrected chi connectivity index (χ0v) is 30.7. The molecule has 0 aliphatic rings. The Morgan fingerprint density at radius 1 is 0.897 bits per heavy atom. The molecule has 39 heavy (non-hydrogen) atoms. The standard InChI is InChI=1S/C27H40FN2O3Si2.3CH3.Sn/c1-8-21-16-27(33-20-32-12-14-35(5,6)7)25(28)17-24(21)22-9-10-23-18-29-30(26(23)15-22)19-31-11-13-34(2,3)4;;;;/h9-10,15-17H,8,11-14,19-20H2,1-7H3;3*1H3;. The minimum atomic E-state index is -2.49. The monoisotopic (exact) mass is 680 g/mol. The van der Waals surface area contributed by atoms with Gasteiger partial charge in [0.05, 0.1) is 0 Å². The molecule has 0 aliphatic carbocycles. The van der Waals surface area contributed by atoms with Crippen LogP contribution >= 0.6 is 0 Å². The molecule has 3 rings (SSSR count). The van der Waals surface area contributed by atoms with Gasteiger partial charge in [0.15, 0.2) is 0 Å². The van der Waals surface area contributed by atoms with Crippen molar-refractivity contribution in [2.75, 3.05) is 20.0 Å². The first-order valence-corrected chi connectivity index (χ1v) is 31.6. The van der Waals surface area contributed by atoms with Crippen molar-refractivity contribution >= 4 is 49.1 Å². The van der Waals surface area contributed by atoms with Crippen LogP contribution < -0.4 is 8.45 Å². The van der Waals surface area contributed by atoms with E-state index in [0.717, 1.165) is 47.3 Å². The van der Waals surface area contributed by atoms with Crippen molar-refractivity contribution < 1.29 is 18.6 Å². The van der Waals surface area contributed by atoms with Crippen molar-refractivity contribution in [3.8, 4) is 16.9 Å². The predicted octanol–water partition coefficient (Wildman–Crippen LogP) is 7.95. The molecule has 0 bridgehead atoms. The quantitative estimate of drug-likeness (QED) is 0.0986. The first-order chi connectivity index (χ1) is 18.1. The molecule has 0 saturated heterocycles. The number of benzene rings is 2. The molecule has 2 aromatic carbocycles. The van der Waals surface area contributed by atoms with Gasteiger partial charge in [-0.25, -0.2) is 0 Å². The number of halogens is 1. The van der Waals surface area contributed by atoms with Crippen molar-refractivity contribution in [1.82, 2.24) is 9.78 Å². The number of fused-ring (bicyclic) bond motifs is 1. The van der Waals surface area contributed by atoms with Gasteiger partial charge in [-0.05, 0) is 6.04 Å². The molecule has 0 atom stereocenters. The summed E-state index contributed by atoms with van der Waals surface area (Å²) < 4.78 is 35.9. The van der Waals surface area contributed by atoms with E-state index in [4.69, 9.17) is 19.3 Å². The molecule has 0 spiro atoms. The Morgan fingerprint density at radius 3 is 2.13 bits per heavy atom. The molecule has 1 aromatic heterocycles. The van der Waals surface area contributed by atoms with Crippen molar-refractivity contribution in [3.63, 3.8) is 0 Å². The van der Waals surface area contributed by atoms with Gasteiger partial charge >= 0.3 is 202 Å². The van der Waals surface area contributed by atoms with Crippen LogP contribution in [0.4, 0.5) is 4.39 Å². The Balaban J connectivity index is 1.88. The molecular formula is C30H49FN2O3Si2Sn. The van der Waals surface area contributed by atoms with Gasteiger partial charge in [-0.3, -0.25) is 0 Å². The van der Waals surface area contributed by atoms with Crippen LogP contribution in [0.5, 0.6) is 5.75 Å². The fourth-order valence-corrected chi connectivity index (χ4v) is 9.96. The summed E-state index contributed by atoms with van der Waals surface area (Å²) >= 11 is -2.49. The van der Waals surface area contributed by atoms with Gasteiger partial charge in [0.25, 0.3) is 0 Å². The number of ether oxygens (including phenoxy) is 3. The van der Waals surface area contributed by atoms with Gasteiger partial charge in [-0.2, -0.15) is 0 Å². The fraction of sp³-hybridized carbons (Fsp3) is 0.567. The second kappa shape index (κ2) is 13.2. The van der Waals surface area contributed by atoms with Gasteiger partial charge in [-0.1, -0.05) is 19.6 Å². The number of hydrogen-bond acceptors (Lipinski definition) is 4. The molecule has 0 N–H and O–H groups in total. The van der Waals surface area contributed by atoms with Crippen molar-refractivity contribution in [2.24, 2.45) is 0 Å². The molecule has 0 aliphatic heterocycles. The Hall–Kier alpha value is -1.21. The van der Waals surface area contributed by atoms with Crippen LogP contribution in [0.15, 0.2) is 30.3 Å². The molecule has 0 amide bonds. The number of aryl methyl sites for hydroxylation is 1. The summed E-state index contributed by atoms with van der Waals surface area (Å²) in [4.78, 5) is 7.16. The van der Waals surface area contributed by atoms with Crippen LogP contribution in [-0.2, 0) is 22.6 Å². The Bertz CT molecular complexity index is 1260. The van der Waals surface area contributed by atoms with Crippen LogP contribution in [0.25, 0.3) is 22.0 Å². The molecule has 5 nitrogen and oxygen atoms in total. The van der Waals surface area contributed by atoms with Crippen LogP contribution in [0.1, 0.15) is 12.5 Å². The van der Waals surface area contributed by atoms with E-state index in [1.807, 2.05) is 10.7 Å². The first kappa shape index (κ1) is 32.3. The van der Waals surface area contributed by atoms with E-state index in [2.05, 4.69) is 79.2 Å². The van der Waals surface area contributed by atoms with Gasteiger partial charge in [-0.15, -0.1) is 0 Å². The van der Waals surface area contributed by atoms with Crippen LogP contribution in [-0.4, -0.2) is 64.3 Å². The van der Waals surface area contributed by atoms with Gasteiger partial charge in [0.2, 0.25) is 0 Å². The second-order valence-corrected chi connectivity index (χ2v) is 39.4. The predicted molar refractivity (Wildman–Crippen MR) is 171 cm³/mol. The van der Waals surface area contributed by atoms with E-state index in [-0.39, 0.29) is 18.4 Å². The topological polar surface area (TPSA) is 45.5 Å². The molecular weight excluding hydrogens is 630 g/mol. The SMILES string of the molecule is CCc1cc(OCOCC[Si](C)(C)C)c(F)cc1-c1ccc2[c]([Sn]([CH3])([CH3])[CH3])nn(COCC[Si](C)(C)C)c2c1. The molecule has 9 heteroatoms. The van der Waals surface area contributed by atoms with E-state index >= 15 is 4.39 Å². The van der Waals surface area contributed by atoms with Crippen molar-refractivity contribution in [2.45, 2.75) is 86.3 Å². The molecule has 216 valence electrons. The molecule has 3 aromatic rings. The van der Waals surface area contributed by atoms with Crippen LogP contribution in [0.2, 0.25) is 66.2 Å². The number of hydrogen-bond donors (Lipinski definition) is 0. The van der Waals surface area contributed by atoms with E-state index in [9.17, 15) is 0 Å². The van der Waals surface area contributed by atoms with E-state index in [1.54, 1.807) is 6.07 Å². The molecule has 1 heterocycles. The van der Waals surface area contributed by atoms with Crippen molar-refractivity contribution in [1.29, 1.82) is 0 Å². The molecule has 0 saturated carbocycles. The first-order valence-electron chi connectivity index (χ1n) is 14.2. The van der Waals surface area contributed by atoms with Gasteiger partial charge in [0, 0.05) is 14.7 Å². The van der Waals surface area contributed by atoms with E-state index < -0.39 is 34.5 Å². The third-order valence-electron chi connectivity index (χ3n) is 6.82. The van der Waals surface area contributed by atoms with Gasteiger partial charge < -0.3 is 0 Å². The summed E-state index contributed by atoms with van der Waals surface area (Å²) in [6.07, 6.45) is 0.767. The number of nitrogens with zero attached hydrogens (tertiary/aromatic N) is 2. The zero-order chi connectivity index (χ0) is 29.0. The molecule has 0 unspecified atom stereocenters. The summed E-state index contributed by atoms with van der Waals surface area (Å²) in [7, 11) is -2.34. The summed E-state index contributed by atoms with van der Waals surface area (Å²) in [5.41, 5.74) is 3.97. The fourth-order valence-electron chi connectivity index (χ4n) is 4.33. The average molecular weight is 680 g/mol. The zero-order valence-electron chi connectivity index (χ0n) is 25.8. The Labute approximate surface area is 241 Å². The van der Waals surface area contributed by atoms with E-state index in [0.29, 0.717) is 13.3 Å². The Morgan fingerprint density at radius 2 is 1.54 bits per heavy atom. The van der Waals surface area contributed by atoms with Gasteiger partial charge in [0.1, 0.15) is 0 Å². The third kappa shape index (κ3) is 9.41. The molecule has 0 radical (unpaired) electrons. The number of aromatic nitrogens is 2. The Kier molecular flexibility index (Phi) is 10.9. The number of rotatable bonds is 14. The summed E-state index contributed by atoms with van der Waals surface area (Å²) in [6, 6.07) is 12.0. The van der Waals surface area contributed by atoms with Crippen molar-refractivity contribution in [3.05, 3.63) is 41.7 Å². The maximum absolute atomic E-state index is 15.2. The second-order valence-electron chi connectivity index (χ2n) is 14.0. The van der Waals surface area contributed by atoms with Crippen LogP contribution in [0.3, 0.4) is 0 Å². The van der Waals surface area contributed by atoms with Crippen LogP contribution in [0, 0.1) is 5.82 Å². The third-order valence-corrected chi connectivity index (χ3v) is 15.3. The maximum atomic E-state index is 15.2. The summed E-state index contributed by atoms with van der Waals surface area (Å²) in [5, 5.41) is 6.26. The van der Waals surface area contributed by atoms with E-state index in [1.165, 1.54) is 9.10 Å². The summed E-state index contributed by atoms with van der Waals surface area (Å²) in [6.45, 7) is 18.0. The molecule has 0 fully saturated rings. The normalized spacial score (nSPS) is 12.9. The summed E-state index contributed by atoms with van der Waals surface area (Å²) in [5.74, 6) is -0.125.